The average molecular weight is 179 g/mol. The first-order valence-electron chi connectivity index (χ1n) is 4.81. The van der Waals surface area contributed by atoms with Crippen LogP contribution in [-0.2, 0) is 6.42 Å². The normalized spacial score (nSPS) is 10.2. The summed E-state index contributed by atoms with van der Waals surface area (Å²) in [6.45, 7) is 4.18. The predicted molar refractivity (Wildman–Crippen MR) is 55.0 cm³/mol. The minimum absolute atomic E-state index is 0.362. The number of benzene rings is 1. The molecule has 0 amide bonds. The SMILES string of the molecule is CCNCCCc1cccc(O)c1. The molecule has 0 saturated heterocycles. The van der Waals surface area contributed by atoms with Crippen LogP contribution in [0.25, 0.3) is 0 Å². The fraction of sp³-hybridized carbons (Fsp3) is 0.455. The van der Waals surface area contributed by atoms with Gasteiger partial charge in [-0.25, -0.2) is 0 Å². The molecule has 0 unspecified atom stereocenters. The second-order valence-electron chi connectivity index (χ2n) is 3.13. The van der Waals surface area contributed by atoms with E-state index < -0.39 is 0 Å². The van der Waals surface area contributed by atoms with E-state index in [0.717, 1.165) is 25.9 Å². The zero-order valence-corrected chi connectivity index (χ0v) is 8.09. The van der Waals surface area contributed by atoms with E-state index in [0.29, 0.717) is 5.75 Å². The lowest BCUT2D eigenvalue weighted by atomic mass is 10.1. The van der Waals surface area contributed by atoms with Gasteiger partial charge in [-0.3, -0.25) is 0 Å². The van der Waals surface area contributed by atoms with Crippen molar-refractivity contribution in [2.75, 3.05) is 13.1 Å². The summed E-state index contributed by atoms with van der Waals surface area (Å²) in [5, 5.41) is 12.5. The maximum Gasteiger partial charge on any atom is 0.115 e. The molecule has 0 aliphatic heterocycles. The molecule has 13 heavy (non-hydrogen) atoms. The number of phenolic OH excluding ortho intramolecular Hbond substituents is 1. The Morgan fingerprint density at radius 1 is 1.38 bits per heavy atom. The molecule has 0 radical (unpaired) electrons. The zero-order valence-electron chi connectivity index (χ0n) is 8.09. The van der Waals surface area contributed by atoms with Crippen molar-refractivity contribution in [1.29, 1.82) is 0 Å². The number of aromatic hydroxyl groups is 1. The molecule has 0 saturated carbocycles. The van der Waals surface area contributed by atoms with Crippen molar-refractivity contribution in [2.45, 2.75) is 19.8 Å². The third-order valence-electron chi connectivity index (χ3n) is 1.98. The predicted octanol–water partition coefficient (Wildman–Crippen LogP) is 1.93. The Labute approximate surface area is 79.6 Å². The van der Waals surface area contributed by atoms with E-state index in [1.807, 2.05) is 18.2 Å². The number of rotatable bonds is 5. The summed E-state index contributed by atoms with van der Waals surface area (Å²) in [6, 6.07) is 7.46. The fourth-order valence-electron chi connectivity index (χ4n) is 1.31. The fourth-order valence-corrected chi connectivity index (χ4v) is 1.31. The van der Waals surface area contributed by atoms with Crippen LogP contribution in [0.15, 0.2) is 24.3 Å². The highest BCUT2D eigenvalue weighted by Gasteiger charge is 1.93. The molecule has 2 heteroatoms. The molecule has 0 heterocycles. The van der Waals surface area contributed by atoms with Crippen LogP contribution in [-0.4, -0.2) is 18.2 Å². The van der Waals surface area contributed by atoms with Gasteiger partial charge in [-0.1, -0.05) is 19.1 Å². The first kappa shape index (κ1) is 10.1. The molecule has 0 fully saturated rings. The maximum atomic E-state index is 9.20. The standard InChI is InChI=1S/C11H17NO/c1-2-12-8-4-6-10-5-3-7-11(13)9-10/h3,5,7,9,12-13H,2,4,6,8H2,1H3. The van der Waals surface area contributed by atoms with E-state index in [9.17, 15) is 5.11 Å². The first-order chi connectivity index (χ1) is 6.33. The van der Waals surface area contributed by atoms with Gasteiger partial charge >= 0.3 is 0 Å². The molecule has 0 atom stereocenters. The van der Waals surface area contributed by atoms with Crippen molar-refractivity contribution in [3.63, 3.8) is 0 Å². The monoisotopic (exact) mass is 179 g/mol. The summed E-state index contributed by atoms with van der Waals surface area (Å²) < 4.78 is 0. The summed E-state index contributed by atoms with van der Waals surface area (Å²) >= 11 is 0. The maximum absolute atomic E-state index is 9.20. The molecule has 1 rings (SSSR count). The molecule has 2 nitrogen and oxygen atoms in total. The number of hydrogen-bond acceptors (Lipinski definition) is 2. The minimum Gasteiger partial charge on any atom is -0.508 e. The van der Waals surface area contributed by atoms with Gasteiger partial charge in [0.05, 0.1) is 0 Å². The highest BCUT2D eigenvalue weighted by atomic mass is 16.3. The molecule has 72 valence electrons. The van der Waals surface area contributed by atoms with Crippen molar-refractivity contribution in [2.24, 2.45) is 0 Å². The Kier molecular flexibility index (Phi) is 4.33. The molecule has 0 bridgehead atoms. The van der Waals surface area contributed by atoms with E-state index in [2.05, 4.69) is 12.2 Å². The lowest BCUT2D eigenvalue weighted by Crippen LogP contribution is -2.14. The van der Waals surface area contributed by atoms with E-state index in [1.54, 1.807) is 6.07 Å². The van der Waals surface area contributed by atoms with Gasteiger partial charge in [-0.15, -0.1) is 0 Å². The zero-order chi connectivity index (χ0) is 9.52. The second-order valence-corrected chi connectivity index (χ2v) is 3.13. The van der Waals surface area contributed by atoms with E-state index in [4.69, 9.17) is 0 Å². The lowest BCUT2D eigenvalue weighted by Gasteiger charge is -2.02. The molecular weight excluding hydrogens is 162 g/mol. The second kappa shape index (κ2) is 5.60. The highest BCUT2D eigenvalue weighted by molar-refractivity contribution is 5.27. The van der Waals surface area contributed by atoms with E-state index >= 15 is 0 Å². The third kappa shape index (κ3) is 3.95. The van der Waals surface area contributed by atoms with Gasteiger partial charge in [0.1, 0.15) is 5.75 Å². The van der Waals surface area contributed by atoms with Gasteiger partial charge in [-0.05, 0) is 43.6 Å². The quantitative estimate of drug-likeness (QED) is 0.677. The largest absolute Gasteiger partial charge is 0.508 e. The number of aryl methyl sites for hydroxylation is 1. The van der Waals surface area contributed by atoms with Crippen LogP contribution < -0.4 is 5.32 Å². The first-order valence-corrected chi connectivity index (χ1v) is 4.81. The van der Waals surface area contributed by atoms with E-state index in [1.165, 1.54) is 5.56 Å². The van der Waals surface area contributed by atoms with Gasteiger partial charge in [-0.2, -0.15) is 0 Å². The summed E-state index contributed by atoms with van der Waals surface area (Å²) in [7, 11) is 0. The van der Waals surface area contributed by atoms with Gasteiger partial charge in [0.15, 0.2) is 0 Å². The van der Waals surface area contributed by atoms with Crippen LogP contribution in [0.2, 0.25) is 0 Å². The van der Waals surface area contributed by atoms with Gasteiger partial charge in [0, 0.05) is 0 Å². The summed E-state index contributed by atoms with van der Waals surface area (Å²) in [5.74, 6) is 0.362. The van der Waals surface area contributed by atoms with Gasteiger partial charge in [0.2, 0.25) is 0 Å². The van der Waals surface area contributed by atoms with Crippen molar-refractivity contribution in [1.82, 2.24) is 5.32 Å². The van der Waals surface area contributed by atoms with Crippen LogP contribution in [0.4, 0.5) is 0 Å². The molecule has 0 aliphatic rings. The lowest BCUT2D eigenvalue weighted by molar-refractivity contribution is 0.474. The average Bonchev–Trinajstić information content (AvgIpc) is 2.13. The van der Waals surface area contributed by atoms with E-state index in [-0.39, 0.29) is 0 Å². The van der Waals surface area contributed by atoms with Crippen molar-refractivity contribution in [3.8, 4) is 5.75 Å². The third-order valence-corrected chi connectivity index (χ3v) is 1.98. The van der Waals surface area contributed by atoms with Crippen molar-refractivity contribution < 1.29 is 5.11 Å². The topological polar surface area (TPSA) is 32.3 Å². The Morgan fingerprint density at radius 2 is 2.23 bits per heavy atom. The molecular formula is C11H17NO. The molecule has 0 aromatic heterocycles. The van der Waals surface area contributed by atoms with Crippen LogP contribution in [0, 0.1) is 0 Å². The Bertz CT molecular complexity index is 248. The number of hydrogen-bond donors (Lipinski definition) is 2. The summed E-state index contributed by atoms with van der Waals surface area (Å²) in [6.07, 6.45) is 2.15. The number of phenols is 1. The van der Waals surface area contributed by atoms with Crippen molar-refractivity contribution in [3.05, 3.63) is 29.8 Å². The molecule has 1 aromatic carbocycles. The molecule has 2 N–H and O–H groups in total. The Morgan fingerprint density at radius 3 is 2.92 bits per heavy atom. The summed E-state index contributed by atoms with van der Waals surface area (Å²) in [5.41, 5.74) is 1.21. The van der Waals surface area contributed by atoms with Crippen LogP contribution in [0.3, 0.4) is 0 Å². The Hall–Kier alpha value is -1.02. The summed E-state index contributed by atoms with van der Waals surface area (Å²) in [4.78, 5) is 0. The van der Waals surface area contributed by atoms with Gasteiger partial charge in [0.25, 0.3) is 0 Å². The van der Waals surface area contributed by atoms with Crippen molar-refractivity contribution >= 4 is 0 Å². The Balaban J connectivity index is 2.28. The molecule has 0 spiro atoms. The number of nitrogens with one attached hydrogen (secondary N) is 1. The highest BCUT2D eigenvalue weighted by Crippen LogP contribution is 2.11. The van der Waals surface area contributed by atoms with Crippen LogP contribution in [0.5, 0.6) is 5.75 Å². The van der Waals surface area contributed by atoms with Crippen LogP contribution >= 0.6 is 0 Å². The molecule has 1 aromatic rings. The molecule has 0 aliphatic carbocycles. The van der Waals surface area contributed by atoms with Gasteiger partial charge < -0.3 is 10.4 Å². The van der Waals surface area contributed by atoms with Crippen LogP contribution in [0.1, 0.15) is 18.9 Å². The smallest absolute Gasteiger partial charge is 0.115 e. The minimum atomic E-state index is 0.362.